The quantitative estimate of drug-likeness (QED) is 0.440. The van der Waals surface area contributed by atoms with E-state index in [0.29, 0.717) is 28.4 Å². The molecule has 0 aliphatic heterocycles. The summed E-state index contributed by atoms with van der Waals surface area (Å²) in [6, 6.07) is 13.0. The molecule has 10 heteroatoms. The fraction of sp³-hybridized carbons (Fsp3) is 0. The first kappa shape index (κ1) is 19.4. The SMILES string of the molecule is O=C(O)Nc1cccc(NC(=O)c2cccc(Nc3nc(Cl)ncc3Cl)c2)c1. The zero-order valence-corrected chi connectivity index (χ0v) is 15.6. The van der Waals surface area contributed by atoms with Gasteiger partial charge in [0.05, 0.1) is 6.20 Å². The number of rotatable bonds is 5. The van der Waals surface area contributed by atoms with Crippen LogP contribution in [0.3, 0.4) is 0 Å². The zero-order chi connectivity index (χ0) is 20.1. The average molecular weight is 418 g/mol. The number of hydrogen-bond acceptors (Lipinski definition) is 5. The first-order valence-corrected chi connectivity index (χ1v) is 8.63. The van der Waals surface area contributed by atoms with Crippen molar-refractivity contribution in [3.05, 3.63) is 70.6 Å². The van der Waals surface area contributed by atoms with Gasteiger partial charge in [0.2, 0.25) is 5.28 Å². The first-order valence-electron chi connectivity index (χ1n) is 7.87. The van der Waals surface area contributed by atoms with E-state index < -0.39 is 6.09 Å². The Bertz CT molecular complexity index is 1050. The van der Waals surface area contributed by atoms with Gasteiger partial charge in [-0.3, -0.25) is 10.1 Å². The number of carbonyl (C=O) groups is 2. The topological polar surface area (TPSA) is 116 Å². The third-order valence-corrected chi connectivity index (χ3v) is 3.93. The van der Waals surface area contributed by atoms with Crippen LogP contribution < -0.4 is 16.0 Å². The van der Waals surface area contributed by atoms with Gasteiger partial charge in [-0.1, -0.05) is 23.7 Å². The predicted molar refractivity (Wildman–Crippen MR) is 108 cm³/mol. The summed E-state index contributed by atoms with van der Waals surface area (Å²) in [6.07, 6.45) is 0.180. The highest BCUT2D eigenvalue weighted by molar-refractivity contribution is 6.33. The van der Waals surface area contributed by atoms with E-state index in [1.807, 2.05) is 0 Å². The molecule has 0 fully saturated rings. The molecule has 0 saturated heterocycles. The van der Waals surface area contributed by atoms with Crippen molar-refractivity contribution in [3.8, 4) is 0 Å². The van der Waals surface area contributed by atoms with Crippen molar-refractivity contribution in [1.29, 1.82) is 0 Å². The van der Waals surface area contributed by atoms with Crippen molar-refractivity contribution in [3.63, 3.8) is 0 Å². The van der Waals surface area contributed by atoms with E-state index in [0.717, 1.165) is 0 Å². The number of amides is 2. The van der Waals surface area contributed by atoms with Gasteiger partial charge < -0.3 is 15.7 Å². The van der Waals surface area contributed by atoms with Crippen LogP contribution >= 0.6 is 23.2 Å². The third-order valence-electron chi connectivity index (χ3n) is 3.47. The number of carbonyl (C=O) groups excluding carboxylic acids is 1. The van der Waals surface area contributed by atoms with E-state index in [1.165, 1.54) is 12.3 Å². The Balaban J connectivity index is 1.75. The molecule has 8 nitrogen and oxygen atoms in total. The second-order valence-electron chi connectivity index (χ2n) is 5.51. The molecule has 28 heavy (non-hydrogen) atoms. The number of nitrogens with one attached hydrogen (secondary N) is 3. The highest BCUT2D eigenvalue weighted by atomic mass is 35.5. The molecular formula is C18H13Cl2N5O3. The van der Waals surface area contributed by atoms with Gasteiger partial charge in [-0.2, -0.15) is 4.98 Å². The zero-order valence-electron chi connectivity index (χ0n) is 14.1. The molecule has 0 radical (unpaired) electrons. The maximum Gasteiger partial charge on any atom is 0.409 e. The van der Waals surface area contributed by atoms with Crippen LogP contribution in [-0.4, -0.2) is 27.1 Å². The minimum Gasteiger partial charge on any atom is -0.465 e. The number of halogens is 2. The number of nitrogens with zero attached hydrogens (tertiary/aromatic N) is 2. The Hall–Kier alpha value is -3.36. The summed E-state index contributed by atoms with van der Waals surface area (Å²) < 4.78 is 0. The maximum atomic E-state index is 12.5. The second kappa shape index (κ2) is 8.55. The number of benzene rings is 2. The maximum absolute atomic E-state index is 12.5. The van der Waals surface area contributed by atoms with Crippen molar-refractivity contribution in [2.75, 3.05) is 16.0 Å². The molecule has 1 aromatic heterocycles. The lowest BCUT2D eigenvalue weighted by Gasteiger charge is -2.10. The molecule has 3 rings (SSSR count). The lowest BCUT2D eigenvalue weighted by molar-refractivity contribution is 0.102. The molecule has 142 valence electrons. The lowest BCUT2D eigenvalue weighted by atomic mass is 10.1. The van der Waals surface area contributed by atoms with Crippen molar-refractivity contribution in [2.45, 2.75) is 0 Å². The molecule has 0 aliphatic rings. The van der Waals surface area contributed by atoms with E-state index in [2.05, 4.69) is 25.9 Å². The van der Waals surface area contributed by atoms with E-state index >= 15 is 0 Å². The number of anilines is 4. The Kier molecular flexibility index (Phi) is 5.93. The molecule has 0 aliphatic carbocycles. The molecule has 0 atom stereocenters. The molecule has 3 aromatic rings. The van der Waals surface area contributed by atoms with Crippen molar-refractivity contribution >= 4 is 58.1 Å². The predicted octanol–water partition coefficient (Wildman–Crippen LogP) is 4.87. The minimum absolute atomic E-state index is 0.0376. The van der Waals surface area contributed by atoms with Crippen LogP contribution in [0.15, 0.2) is 54.7 Å². The molecule has 0 unspecified atom stereocenters. The first-order chi connectivity index (χ1) is 13.4. The van der Waals surface area contributed by atoms with Gasteiger partial charge in [-0.15, -0.1) is 0 Å². The molecule has 4 N–H and O–H groups in total. The number of carboxylic acid groups (broad SMARTS) is 1. The van der Waals surface area contributed by atoms with Gasteiger partial charge in [-0.25, -0.2) is 9.78 Å². The van der Waals surface area contributed by atoms with Gasteiger partial charge in [0.15, 0.2) is 5.82 Å². The number of hydrogen-bond donors (Lipinski definition) is 4. The van der Waals surface area contributed by atoms with Crippen LogP contribution in [0.25, 0.3) is 0 Å². The molecule has 0 saturated carbocycles. The van der Waals surface area contributed by atoms with Crippen molar-refractivity contribution in [1.82, 2.24) is 9.97 Å². The highest BCUT2D eigenvalue weighted by Crippen LogP contribution is 2.24. The van der Waals surface area contributed by atoms with Gasteiger partial charge in [-0.05, 0) is 48.0 Å². The smallest absolute Gasteiger partial charge is 0.409 e. The Labute approximate surface area is 169 Å². The van der Waals surface area contributed by atoms with Crippen molar-refractivity contribution < 1.29 is 14.7 Å². The van der Waals surface area contributed by atoms with Gasteiger partial charge in [0, 0.05) is 22.6 Å². The van der Waals surface area contributed by atoms with Crippen LogP contribution in [0, 0.1) is 0 Å². The largest absolute Gasteiger partial charge is 0.465 e. The fourth-order valence-electron chi connectivity index (χ4n) is 2.31. The summed E-state index contributed by atoms with van der Waals surface area (Å²) in [7, 11) is 0. The normalized spacial score (nSPS) is 10.2. The minimum atomic E-state index is -1.19. The summed E-state index contributed by atoms with van der Waals surface area (Å²) >= 11 is 11.8. The van der Waals surface area contributed by atoms with Crippen molar-refractivity contribution in [2.24, 2.45) is 0 Å². The molecule has 1 heterocycles. The highest BCUT2D eigenvalue weighted by Gasteiger charge is 2.10. The van der Waals surface area contributed by atoms with E-state index in [1.54, 1.807) is 42.5 Å². The van der Waals surface area contributed by atoms with E-state index in [-0.39, 0.29) is 16.2 Å². The summed E-state index contributed by atoms with van der Waals surface area (Å²) in [5.74, 6) is -0.0605. The molecule has 0 bridgehead atoms. The third kappa shape index (κ3) is 5.09. The Morgan fingerprint density at radius 2 is 1.61 bits per heavy atom. The van der Waals surface area contributed by atoms with Crippen LogP contribution in [0.5, 0.6) is 0 Å². The molecule has 2 amide bonds. The lowest BCUT2D eigenvalue weighted by Crippen LogP contribution is -2.13. The van der Waals surface area contributed by atoms with Gasteiger partial charge >= 0.3 is 6.09 Å². The summed E-state index contributed by atoms with van der Waals surface area (Å²) in [4.78, 5) is 31.0. The summed E-state index contributed by atoms with van der Waals surface area (Å²) in [6.45, 7) is 0. The van der Waals surface area contributed by atoms with Crippen LogP contribution in [-0.2, 0) is 0 Å². The molecule has 2 aromatic carbocycles. The van der Waals surface area contributed by atoms with E-state index in [4.69, 9.17) is 28.3 Å². The van der Waals surface area contributed by atoms with Crippen LogP contribution in [0.1, 0.15) is 10.4 Å². The fourth-order valence-corrected chi connectivity index (χ4v) is 2.58. The van der Waals surface area contributed by atoms with Gasteiger partial charge in [0.1, 0.15) is 5.02 Å². The summed E-state index contributed by atoms with van der Waals surface area (Å²) in [5.41, 5.74) is 1.74. The molecule has 0 spiro atoms. The van der Waals surface area contributed by atoms with Crippen LogP contribution in [0.2, 0.25) is 10.3 Å². The second-order valence-corrected chi connectivity index (χ2v) is 6.25. The summed E-state index contributed by atoms with van der Waals surface area (Å²) in [5, 5.41) is 17.0. The van der Waals surface area contributed by atoms with Crippen LogP contribution in [0.4, 0.5) is 27.7 Å². The number of aromatic nitrogens is 2. The van der Waals surface area contributed by atoms with E-state index in [9.17, 15) is 9.59 Å². The Morgan fingerprint density at radius 3 is 2.36 bits per heavy atom. The monoisotopic (exact) mass is 417 g/mol. The molecular weight excluding hydrogens is 405 g/mol. The Morgan fingerprint density at radius 1 is 0.929 bits per heavy atom. The average Bonchev–Trinajstić information content (AvgIpc) is 2.65. The van der Waals surface area contributed by atoms with Gasteiger partial charge in [0.25, 0.3) is 5.91 Å². The standard InChI is InChI=1S/C18H13Cl2N5O3/c19-14-9-21-17(20)25-15(14)22-11-4-1-3-10(7-11)16(26)23-12-5-2-6-13(8-12)24-18(27)28/h1-9,24H,(H,23,26)(H,27,28)(H,21,22,25).